The van der Waals surface area contributed by atoms with Crippen LogP contribution in [0.25, 0.3) is 11.1 Å². The van der Waals surface area contributed by atoms with Crippen molar-refractivity contribution in [3.8, 4) is 16.9 Å². The lowest BCUT2D eigenvalue weighted by molar-refractivity contribution is -0.137. The van der Waals surface area contributed by atoms with Crippen LogP contribution >= 0.6 is 0 Å². The second-order valence-corrected chi connectivity index (χ2v) is 10.5. The summed E-state index contributed by atoms with van der Waals surface area (Å²) in [6, 6.07) is 17.2. The van der Waals surface area contributed by atoms with Crippen molar-refractivity contribution in [1.82, 2.24) is 10.3 Å². The number of nitrogens with one attached hydrogen (secondary N) is 1. The highest BCUT2D eigenvalue weighted by Crippen LogP contribution is 2.50. The maximum absolute atomic E-state index is 10.9. The minimum absolute atomic E-state index is 0.0775. The number of hydrogen-bond acceptors (Lipinski definition) is 4. The van der Waals surface area contributed by atoms with Gasteiger partial charge in [0.25, 0.3) is 0 Å². The van der Waals surface area contributed by atoms with E-state index in [9.17, 15) is 4.79 Å². The number of aromatic nitrogens is 1. The minimum Gasteiger partial charge on any atom is -0.490 e. The molecule has 1 aromatic heterocycles. The summed E-state index contributed by atoms with van der Waals surface area (Å²) < 4.78 is 6.25. The second kappa shape index (κ2) is 10.4. The fourth-order valence-corrected chi connectivity index (χ4v) is 5.01. The van der Waals surface area contributed by atoms with Crippen LogP contribution in [-0.2, 0) is 16.9 Å². The molecule has 0 radical (unpaired) electrons. The molecule has 3 aromatic rings. The van der Waals surface area contributed by atoms with Gasteiger partial charge in [0.1, 0.15) is 5.75 Å². The van der Waals surface area contributed by atoms with Gasteiger partial charge in [-0.25, -0.2) is 0 Å². The number of ether oxygens (including phenoxy) is 1. The van der Waals surface area contributed by atoms with E-state index in [1.807, 2.05) is 18.5 Å². The molecule has 188 valence electrons. The van der Waals surface area contributed by atoms with E-state index in [0.29, 0.717) is 18.4 Å². The zero-order valence-electron chi connectivity index (χ0n) is 21.3. The molecule has 0 saturated heterocycles. The Bertz CT molecular complexity index is 1230. The molecule has 2 aromatic carbocycles. The largest absolute Gasteiger partial charge is 0.490 e. The summed E-state index contributed by atoms with van der Waals surface area (Å²) in [6.07, 6.45) is 10.5. The summed E-state index contributed by atoms with van der Waals surface area (Å²) in [5, 5.41) is 12.8. The molecule has 36 heavy (non-hydrogen) atoms. The van der Waals surface area contributed by atoms with Gasteiger partial charge >= 0.3 is 5.97 Å². The minimum atomic E-state index is -0.720. The van der Waals surface area contributed by atoms with Crippen molar-refractivity contribution in [2.45, 2.75) is 82.9 Å². The van der Waals surface area contributed by atoms with Gasteiger partial charge in [0, 0.05) is 36.5 Å². The fraction of sp³-hybridized carbons (Fsp3) is 0.419. The van der Waals surface area contributed by atoms with Gasteiger partial charge in [-0.15, -0.1) is 0 Å². The predicted octanol–water partition coefficient (Wildman–Crippen LogP) is 6.74. The van der Waals surface area contributed by atoms with E-state index >= 15 is 0 Å². The normalized spacial score (nSPS) is 16.9. The molecule has 0 bridgehead atoms. The van der Waals surface area contributed by atoms with Crippen LogP contribution in [0, 0.1) is 6.92 Å². The highest BCUT2D eigenvalue weighted by atomic mass is 16.5. The van der Waals surface area contributed by atoms with Gasteiger partial charge in [-0.1, -0.05) is 43.3 Å². The van der Waals surface area contributed by atoms with Gasteiger partial charge in [0.2, 0.25) is 0 Å². The average molecular weight is 485 g/mol. The van der Waals surface area contributed by atoms with Crippen LogP contribution in [0.2, 0.25) is 0 Å². The number of carboxylic acid groups (broad SMARTS) is 1. The van der Waals surface area contributed by atoms with Crippen LogP contribution in [0.3, 0.4) is 0 Å². The Morgan fingerprint density at radius 1 is 1.17 bits per heavy atom. The Labute approximate surface area is 213 Å². The van der Waals surface area contributed by atoms with Crippen molar-refractivity contribution in [2.24, 2.45) is 0 Å². The molecule has 0 amide bonds. The number of carbonyl (C=O) groups is 1. The summed E-state index contributed by atoms with van der Waals surface area (Å²) in [5.74, 6) is 0.581. The zero-order chi connectivity index (χ0) is 25.1. The van der Waals surface area contributed by atoms with Crippen LogP contribution in [0.15, 0.2) is 60.9 Å². The van der Waals surface area contributed by atoms with Gasteiger partial charge in [-0.3, -0.25) is 9.78 Å². The molecule has 5 heteroatoms. The Balaban J connectivity index is 1.34. The first-order chi connectivity index (χ1) is 17.4. The molecular weight excluding hydrogens is 448 g/mol. The SMILES string of the molecule is Cc1ccc([C@@H](C)CCCC(=O)O)cc1CNC1(c2cnccc2-c2ccccc2OC2CC2)CC1. The predicted molar refractivity (Wildman–Crippen MR) is 142 cm³/mol. The molecule has 5 nitrogen and oxygen atoms in total. The number of nitrogens with zero attached hydrogens (tertiary/aromatic N) is 1. The average Bonchev–Trinajstić information content (AvgIpc) is 3.81. The second-order valence-electron chi connectivity index (χ2n) is 10.5. The van der Waals surface area contributed by atoms with Crippen molar-refractivity contribution in [3.05, 3.63) is 83.2 Å². The number of para-hydroxylation sites is 1. The van der Waals surface area contributed by atoms with Crippen molar-refractivity contribution >= 4 is 5.97 Å². The van der Waals surface area contributed by atoms with Gasteiger partial charge in [0.05, 0.1) is 6.10 Å². The first kappa shape index (κ1) is 24.5. The zero-order valence-corrected chi connectivity index (χ0v) is 21.3. The molecule has 1 heterocycles. The van der Waals surface area contributed by atoms with Gasteiger partial charge < -0.3 is 15.2 Å². The maximum atomic E-state index is 10.9. The van der Waals surface area contributed by atoms with E-state index in [1.165, 1.54) is 27.8 Å². The van der Waals surface area contributed by atoms with Crippen molar-refractivity contribution in [3.63, 3.8) is 0 Å². The number of hydrogen-bond donors (Lipinski definition) is 2. The maximum Gasteiger partial charge on any atom is 0.303 e. The topological polar surface area (TPSA) is 71.5 Å². The third-order valence-corrected chi connectivity index (χ3v) is 7.67. The highest BCUT2D eigenvalue weighted by molar-refractivity contribution is 5.74. The number of aliphatic carboxylic acids is 1. The van der Waals surface area contributed by atoms with Crippen LogP contribution in [-0.4, -0.2) is 22.2 Å². The summed E-state index contributed by atoms with van der Waals surface area (Å²) in [7, 11) is 0. The summed E-state index contributed by atoms with van der Waals surface area (Å²) in [4.78, 5) is 15.4. The third kappa shape index (κ3) is 5.62. The van der Waals surface area contributed by atoms with E-state index in [1.54, 1.807) is 0 Å². The van der Waals surface area contributed by atoms with Crippen molar-refractivity contribution in [1.29, 1.82) is 0 Å². The third-order valence-electron chi connectivity index (χ3n) is 7.67. The fourth-order valence-electron chi connectivity index (χ4n) is 5.01. The molecular formula is C31H36N2O3. The van der Waals surface area contributed by atoms with Crippen LogP contribution < -0.4 is 10.1 Å². The lowest BCUT2D eigenvalue weighted by atomic mass is 9.92. The molecule has 2 fully saturated rings. The Hall–Kier alpha value is -3.18. The monoisotopic (exact) mass is 484 g/mol. The number of rotatable bonds is 12. The Morgan fingerprint density at radius 3 is 2.72 bits per heavy atom. The van der Waals surface area contributed by atoms with Crippen LogP contribution in [0.5, 0.6) is 5.75 Å². The summed E-state index contributed by atoms with van der Waals surface area (Å²) in [6.45, 7) is 5.14. The van der Waals surface area contributed by atoms with E-state index in [4.69, 9.17) is 9.84 Å². The molecule has 0 aliphatic heterocycles. The quantitative estimate of drug-likeness (QED) is 0.298. The molecule has 0 unspecified atom stereocenters. The first-order valence-electron chi connectivity index (χ1n) is 13.2. The number of benzene rings is 2. The van der Waals surface area contributed by atoms with Crippen molar-refractivity contribution < 1.29 is 14.6 Å². The van der Waals surface area contributed by atoms with E-state index < -0.39 is 5.97 Å². The van der Waals surface area contributed by atoms with Crippen LogP contribution in [0.1, 0.15) is 80.0 Å². The molecule has 5 rings (SSSR count). The van der Waals surface area contributed by atoms with E-state index in [0.717, 1.165) is 50.0 Å². The van der Waals surface area contributed by atoms with Crippen LogP contribution in [0.4, 0.5) is 0 Å². The lowest BCUT2D eigenvalue weighted by Crippen LogP contribution is -2.29. The Kier molecular flexibility index (Phi) is 7.10. The Morgan fingerprint density at radius 2 is 1.97 bits per heavy atom. The lowest BCUT2D eigenvalue weighted by Gasteiger charge is -2.23. The summed E-state index contributed by atoms with van der Waals surface area (Å²) in [5.41, 5.74) is 7.35. The number of aryl methyl sites for hydroxylation is 1. The smallest absolute Gasteiger partial charge is 0.303 e. The van der Waals surface area contributed by atoms with E-state index in [-0.39, 0.29) is 12.0 Å². The highest BCUT2D eigenvalue weighted by Gasteiger charge is 2.45. The molecule has 2 saturated carbocycles. The molecule has 2 aliphatic carbocycles. The van der Waals surface area contributed by atoms with Gasteiger partial charge in [-0.2, -0.15) is 0 Å². The molecule has 1 atom stereocenters. The first-order valence-corrected chi connectivity index (χ1v) is 13.2. The van der Waals surface area contributed by atoms with Crippen molar-refractivity contribution in [2.75, 3.05) is 0 Å². The number of carboxylic acids is 1. The standard InChI is InChI=1S/C31H36N2O3/c1-21(6-5-9-30(34)35)23-11-10-22(2)24(18-23)19-33-31(15-16-31)28-20-32-17-14-26(28)27-7-3-4-8-29(27)36-25-12-13-25/h3-4,7-8,10-11,14,17-18,20-21,25,33H,5-6,9,12-13,15-16,19H2,1-2H3,(H,34,35)/t21-/m0/s1. The number of pyridine rings is 1. The molecule has 2 N–H and O–H groups in total. The summed E-state index contributed by atoms with van der Waals surface area (Å²) >= 11 is 0. The molecule has 0 spiro atoms. The van der Waals surface area contributed by atoms with Gasteiger partial charge in [0.15, 0.2) is 0 Å². The van der Waals surface area contributed by atoms with Gasteiger partial charge in [-0.05, 0) is 91.3 Å². The van der Waals surface area contributed by atoms with E-state index in [2.05, 4.69) is 66.6 Å². The molecule has 2 aliphatic rings.